The Kier molecular flexibility index (Phi) is 3.68. The van der Waals surface area contributed by atoms with Crippen LogP contribution in [0.1, 0.15) is 18.9 Å². The Bertz CT molecular complexity index is 511. The van der Waals surface area contributed by atoms with E-state index in [0.29, 0.717) is 22.9 Å². The van der Waals surface area contributed by atoms with Crippen LogP contribution < -0.4 is 10.2 Å². The molecule has 0 bridgehead atoms. The summed E-state index contributed by atoms with van der Waals surface area (Å²) < 4.78 is 0. The first kappa shape index (κ1) is 12.7. The van der Waals surface area contributed by atoms with Crippen molar-refractivity contribution >= 4 is 23.3 Å². The van der Waals surface area contributed by atoms with Crippen molar-refractivity contribution in [2.75, 3.05) is 18.0 Å². The van der Waals surface area contributed by atoms with Gasteiger partial charge in [0.15, 0.2) is 0 Å². The van der Waals surface area contributed by atoms with Crippen LogP contribution in [-0.2, 0) is 4.79 Å². The van der Waals surface area contributed by atoms with Crippen molar-refractivity contribution in [2.24, 2.45) is 0 Å². The highest BCUT2D eigenvalue weighted by atomic mass is 35.5. The monoisotopic (exact) mass is 264 g/mol. The number of rotatable bonds is 2. The van der Waals surface area contributed by atoms with Gasteiger partial charge in [0.1, 0.15) is 16.9 Å². The first-order valence-corrected chi connectivity index (χ1v) is 6.06. The second-order valence-electron chi connectivity index (χ2n) is 4.24. The van der Waals surface area contributed by atoms with Gasteiger partial charge in [-0.25, -0.2) is 4.98 Å². The summed E-state index contributed by atoms with van der Waals surface area (Å²) in [5.74, 6) is 0.579. The maximum Gasteiger partial charge on any atom is 0.217 e. The van der Waals surface area contributed by atoms with Gasteiger partial charge in [0.05, 0.1) is 5.56 Å². The summed E-state index contributed by atoms with van der Waals surface area (Å²) in [4.78, 5) is 17.2. The number of nitrogens with zero attached hydrogens (tertiary/aromatic N) is 3. The van der Waals surface area contributed by atoms with Crippen molar-refractivity contribution < 1.29 is 4.79 Å². The zero-order valence-corrected chi connectivity index (χ0v) is 10.7. The molecule has 0 aliphatic carbocycles. The smallest absolute Gasteiger partial charge is 0.217 e. The Hall–Kier alpha value is -1.80. The zero-order chi connectivity index (χ0) is 13.1. The molecule has 0 radical (unpaired) electrons. The Balaban J connectivity index is 2.15. The number of anilines is 1. The van der Waals surface area contributed by atoms with E-state index < -0.39 is 0 Å². The van der Waals surface area contributed by atoms with Crippen LogP contribution in [0.3, 0.4) is 0 Å². The van der Waals surface area contributed by atoms with E-state index in [9.17, 15) is 4.79 Å². The molecule has 1 saturated heterocycles. The molecule has 6 heteroatoms. The Morgan fingerprint density at radius 2 is 2.50 bits per heavy atom. The van der Waals surface area contributed by atoms with Crippen molar-refractivity contribution in [1.29, 1.82) is 5.26 Å². The second-order valence-corrected chi connectivity index (χ2v) is 4.62. The third-order valence-corrected chi connectivity index (χ3v) is 3.26. The summed E-state index contributed by atoms with van der Waals surface area (Å²) in [6, 6.07) is 3.74. The fourth-order valence-corrected chi connectivity index (χ4v) is 2.37. The fourth-order valence-electron chi connectivity index (χ4n) is 2.10. The minimum absolute atomic E-state index is 0.0355. The summed E-state index contributed by atoms with van der Waals surface area (Å²) >= 11 is 6.13. The molecular weight excluding hydrogens is 252 g/mol. The first-order valence-electron chi connectivity index (χ1n) is 5.68. The predicted octanol–water partition coefficient (Wildman–Crippen LogP) is 1.32. The van der Waals surface area contributed by atoms with E-state index in [1.807, 2.05) is 11.0 Å². The lowest BCUT2D eigenvalue weighted by molar-refractivity contribution is -0.119. The van der Waals surface area contributed by atoms with Crippen LogP contribution in [0.4, 0.5) is 5.82 Å². The topological polar surface area (TPSA) is 69.0 Å². The summed E-state index contributed by atoms with van der Waals surface area (Å²) in [5.41, 5.74) is 0.421. The van der Waals surface area contributed by atoms with Gasteiger partial charge in [-0.1, -0.05) is 11.6 Å². The van der Waals surface area contributed by atoms with E-state index in [1.165, 1.54) is 6.92 Å². The minimum atomic E-state index is -0.0355. The van der Waals surface area contributed by atoms with Crippen molar-refractivity contribution in [3.8, 4) is 6.07 Å². The molecule has 1 aromatic heterocycles. The van der Waals surface area contributed by atoms with Gasteiger partial charge in [0.25, 0.3) is 0 Å². The molecule has 94 valence electrons. The lowest BCUT2D eigenvalue weighted by atomic mass is 10.2. The van der Waals surface area contributed by atoms with Crippen LogP contribution in [0.2, 0.25) is 5.02 Å². The molecule has 5 nitrogen and oxygen atoms in total. The number of amides is 1. The molecule has 1 aliphatic rings. The standard InChI is InChI=1S/C12H13ClN4O/c1-8(18)16-10-3-5-17(7-10)12-11(13)9(6-14)2-4-15-12/h2,4,10H,3,5,7H2,1H3,(H,16,18). The largest absolute Gasteiger partial charge is 0.353 e. The highest BCUT2D eigenvalue weighted by molar-refractivity contribution is 6.34. The van der Waals surface area contributed by atoms with Crippen molar-refractivity contribution in [3.05, 3.63) is 22.8 Å². The molecule has 2 heterocycles. The Labute approximate surface area is 110 Å². The number of nitriles is 1. The highest BCUT2D eigenvalue weighted by Gasteiger charge is 2.26. The van der Waals surface area contributed by atoms with Gasteiger partial charge in [-0.3, -0.25) is 4.79 Å². The number of carbonyl (C=O) groups excluding carboxylic acids is 1. The van der Waals surface area contributed by atoms with Crippen LogP contribution in [-0.4, -0.2) is 30.0 Å². The third-order valence-electron chi connectivity index (χ3n) is 2.89. The van der Waals surface area contributed by atoms with Gasteiger partial charge in [-0.15, -0.1) is 0 Å². The number of pyridine rings is 1. The van der Waals surface area contributed by atoms with Crippen LogP contribution >= 0.6 is 11.6 Å². The average Bonchev–Trinajstić information content (AvgIpc) is 2.76. The second kappa shape index (κ2) is 5.23. The molecule has 1 unspecified atom stereocenters. The molecule has 18 heavy (non-hydrogen) atoms. The van der Waals surface area contributed by atoms with Crippen LogP contribution in [0.15, 0.2) is 12.3 Å². The zero-order valence-electron chi connectivity index (χ0n) is 9.98. The molecule has 1 aromatic rings. The molecule has 0 spiro atoms. The summed E-state index contributed by atoms with van der Waals surface area (Å²) in [6.07, 6.45) is 2.43. The average molecular weight is 265 g/mol. The van der Waals surface area contributed by atoms with Gasteiger partial charge >= 0.3 is 0 Å². The molecule has 1 aliphatic heterocycles. The van der Waals surface area contributed by atoms with Crippen molar-refractivity contribution in [2.45, 2.75) is 19.4 Å². The number of halogens is 1. The normalized spacial score (nSPS) is 18.5. The van der Waals surface area contributed by atoms with E-state index in [1.54, 1.807) is 12.3 Å². The number of aromatic nitrogens is 1. The molecule has 0 saturated carbocycles. The third kappa shape index (κ3) is 2.54. The van der Waals surface area contributed by atoms with E-state index in [4.69, 9.17) is 16.9 Å². The Morgan fingerprint density at radius 3 is 3.17 bits per heavy atom. The molecule has 0 aromatic carbocycles. The van der Waals surface area contributed by atoms with Gasteiger partial charge in [-0.2, -0.15) is 5.26 Å². The van der Waals surface area contributed by atoms with Gasteiger partial charge in [0, 0.05) is 32.3 Å². The maximum absolute atomic E-state index is 11.0. The van der Waals surface area contributed by atoms with Crippen LogP contribution in [0, 0.1) is 11.3 Å². The molecular formula is C12H13ClN4O. The highest BCUT2D eigenvalue weighted by Crippen LogP contribution is 2.28. The van der Waals surface area contributed by atoms with Crippen LogP contribution in [0.5, 0.6) is 0 Å². The van der Waals surface area contributed by atoms with Gasteiger partial charge in [0.2, 0.25) is 5.91 Å². The van der Waals surface area contributed by atoms with Gasteiger partial charge in [-0.05, 0) is 12.5 Å². The number of carbonyl (C=O) groups is 1. The molecule has 2 rings (SSSR count). The van der Waals surface area contributed by atoms with E-state index >= 15 is 0 Å². The number of hydrogen-bond donors (Lipinski definition) is 1. The van der Waals surface area contributed by atoms with Crippen LogP contribution in [0.25, 0.3) is 0 Å². The van der Waals surface area contributed by atoms with Gasteiger partial charge < -0.3 is 10.2 Å². The SMILES string of the molecule is CC(=O)NC1CCN(c2nccc(C#N)c2Cl)C1. The summed E-state index contributed by atoms with van der Waals surface area (Å²) in [5, 5.41) is 12.2. The predicted molar refractivity (Wildman–Crippen MR) is 68.4 cm³/mol. The molecule has 1 amide bonds. The minimum Gasteiger partial charge on any atom is -0.353 e. The van der Waals surface area contributed by atoms with E-state index in [2.05, 4.69) is 10.3 Å². The fraction of sp³-hybridized carbons (Fsp3) is 0.417. The summed E-state index contributed by atoms with van der Waals surface area (Å²) in [6.45, 7) is 2.94. The number of nitrogens with one attached hydrogen (secondary N) is 1. The quantitative estimate of drug-likeness (QED) is 0.875. The first-order chi connectivity index (χ1) is 8.61. The molecule has 1 atom stereocenters. The maximum atomic E-state index is 11.0. The van der Waals surface area contributed by atoms with Crippen molar-refractivity contribution in [1.82, 2.24) is 10.3 Å². The summed E-state index contributed by atoms with van der Waals surface area (Å²) in [7, 11) is 0. The molecule has 1 N–H and O–H groups in total. The van der Waals surface area contributed by atoms with Crippen molar-refractivity contribution in [3.63, 3.8) is 0 Å². The lowest BCUT2D eigenvalue weighted by Crippen LogP contribution is -2.35. The number of hydrogen-bond acceptors (Lipinski definition) is 4. The molecule has 1 fully saturated rings. The Morgan fingerprint density at radius 1 is 1.72 bits per heavy atom. The lowest BCUT2D eigenvalue weighted by Gasteiger charge is -2.19. The van der Waals surface area contributed by atoms with E-state index in [0.717, 1.165) is 13.0 Å². The van der Waals surface area contributed by atoms with E-state index in [-0.39, 0.29) is 11.9 Å².